The molecule has 0 aliphatic rings. The lowest BCUT2D eigenvalue weighted by atomic mass is 10.1. The molecule has 2 aromatic heterocycles. The molecule has 4 rings (SSSR count). The van der Waals surface area contributed by atoms with Crippen molar-refractivity contribution < 1.29 is 14.7 Å². The molecule has 4 N–H and O–H groups in total. The van der Waals surface area contributed by atoms with Crippen LogP contribution in [-0.2, 0) is 0 Å². The van der Waals surface area contributed by atoms with Crippen LogP contribution in [0.15, 0.2) is 63.9 Å². The summed E-state index contributed by atoms with van der Waals surface area (Å²) in [5.41, 5.74) is 9.83. The summed E-state index contributed by atoms with van der Waals surface area (Å²) in [5.74, 6) is -1.11. The van der Waals surface area contributed by atoms with E-state index in [4.69, 9.17) is 10.8 Å². The second kappa shape index (κ2) is 9.28. The molecular formula is C26H23N5O5. The number of aromatic nitrogens is 3. The van der Waals surface area contributed by atoms with E-state index in [-0.39, 0.29) is 22.2 Å². The summed E-state index contributed by atoms with van der Waals surface area (Å²) in [6, 6.07) is 12.2. The van der Waals surface area contributed by atoms with Crippen molar-refractivity contribution in [1.29, 1.82) is 0 Å². The monoisotopic (exact) mass is 485 g/mol. The number of hydrogen-bond acceptors (Lipinski definition) is 5. The smallest absolute Gasteiger partial charge is 0.335 e. The number of aromatic amines is 1. The van der Waals surface area contributed by atoms with Crippen LogP contribution in [0.5, 0.6) is 0 Å². The Bertz CT molecular complexity index is 1680. The highest BCUT2D eigenvalue weighted by atomic mass is 16.4. The Balaban J connectivity index is 1.87. The number of benzene rings is 2. The molecule has 0 radical (unpaired) electrons. The second-order valence-corrected chi connectivity index (χ2v) is 8.29. The number of carbonyl (C=O) groups is 2. The van der Waals surface area contributed by atoms with Crippen LogP contribution in [0.3, 0.4) is 0 Å². The van der Waals surface area contributed by atoms with Gasteiger partial charge in [-0.2, -0.15) is 0 Å². The molecule has 0 saturated carbocycles. The quantitative estimate of drug-likeness (QED) is 0.371. The van der Waals surface area contributed by atoms with Gasteiger partial charge in [0.1, 0.15) is 5.65 Å². The summed E-state index contributed by atoms with van der Waals surface area (Å²) in [4.78, 5) is 51.8. The van der Waals surface area contributed by atoms with Crippen molar-refractivity contribution in [2.24, 2.45) is 5.73 Å². The summed E-state index contributed by atoms with van der Waals surface area (Å²) >= 11 is 0. The van der Waals surface area contributed by atoms with E-state index in [1.54, 1.807) is 13.0 Å². The fourth-order valence-corrected chi connectivity index (χ4v) is 3.85. The number of nitrogens with zero attached hydrogens (tertiary/aromatic N) is 3. The predicted octanol–water partition coefficient (Wildman–Crippen LogP) is 2.81. The number of nitrogens with one attached hydrogen (secondary N) is 1. The third kappa shape index (κ3) is 4.24. The number of anilines is 1. The molecule has 0 aliphatic carbocycles. The fraction of sp³-hybridized carbons (Fsp3) is 0.115. The number of H-pyrrole nitrogens is 1. The van der Waals surface area contributed by atoms with Crippen molar-refractivity contribution in [3.63, 3.8) is 0 Å². The summed E-state index contributed by atoms with van der Waals surface area (Å²) in [5, 5.41) is 12.0. The number of aromatic carboxylic acids is 1. The van der Waals surface area contributed by atoms with Gasteiger partial charge in [-0.3, -0.25) is 14.7 Å². The zero-order chi connectivity index (χ0) is 26.1. The lowest BCUT2D eigenvalue weighted by molar-refractivity contribution is 0.0697. The van der Waals surface area contributed by atoms with Gasteiger partial charge in [-0.05, 0) is 66.6 Å². The normalized spacial score (nSPS) is 10.6. The van der Waals surface area contributed by atoms with E-state index in [0.717, 1.165) is 15.9 Å². The molecule has 182 valence electrons. The summed E-state index contributed by atoms with van der Waals surface area (Å²) in [6.07, 6.45) is 3.09. The number of rotatable bonds is 5. The number of amides is 1. The van der Waals surface area contributed by atoms with Crippen molar-refractivity contribution in [2.75, 3.05) is 19.0 Å². The lowest BCUT2D eigenvalue weighted by Crippen LogP contribution is -2.34. The molecule has 2 aromatic carbocycles. The van der Waals surface area contributed by atoms with Gasteiger partial charge in [-0.15, -0.1) is 5.73 Å². The molecule has 0 fully saturated rings. The standard InChI is InChI=1S/C26H23N5O5/c1-15-20(6-4-5-16-7-11-18(12-8-16)29(2)3)23(32)30(26(27)36)22-21(15)24(33)31(28-22)19-13-9-17(10-14-19)25(34)35/h5-14,28H,1-3H3,(H2,27,36)(H,34,35). The number of nitrogens with two attached hydrogens (primary N) is 1. The number of carbonyl (C=O) groups excluding carboxylic acids is 1. The molecule has 36 heavy (non-hydrogen) atoms. The first-order valence-electron chi connectivity index (χ1n) is 10.8. The zero-order valence-electron chi connectivity index (χ0n) is 19.8. The van der Waals surface area contributed by atoms with Crippen LogP contribution in [0.2, 0.25) is 0 Å². The summed E-state index contributed by atoms with van der Waals surface area (Å²) < 4.78 is 1.82. The molecule has 0 saturated heterocycles. The summed E-state index contributed by atoms with van der Waals surface area (Å²) in [6.45, 7) is 1.60. The van der Waals surface area contributed by atoms with E-state index < -0.39 is 23.1 Å². The Labute approximate surface area is 204 Å². The van der Waals surface area contributed by atoms with E-state index in [0.29, 0.717) is 15.8 Å². The molecule has 10 nitrogen and oxygen atoms in total. The Morgan fingerprint density at radius 2 is 1.64 bits per heavy atom. The Morgan fingerprint density at radius 1 is 1.00 bits per heavy atom. The highest BCUT2D eigenvalue weighted by Gasteiger charge is 2.21. The van der Waals surface area contributed by atoms with Gasteiger partial charge in [-0.25, -0.2) is 18.8 Å². The average molecular weight is 486 g/mol. The molecule has 4 aromatic rings. The minimum absolute atomic E-state index is 0.0451. The lowest BCUT2D eigenvalue weighted by Gasteiger charge is -2.11. The van der Waals surface area contributed by atoms with Gasteiger partial charge in [-0.1, -0.05) is 12.1 Å². The topological polar surface area (TPSA) is 143 Å². The highest BCUT2D eigenvalue weighted by Crippen LogP contribution is 2.18. The minimum atomic E-state index is -1.11. The maximum absolute atomic E-state index is 13.3. The number of aryl methyl sites for hydroxylation is 1. The number of carboxylic acids is 1. The van der Waals surface area contributed by atoms with E-state index >= 15 is 0 Å². The van der Waals surface area contributed by atoms with E-state index in [1.807, 2.05) is 43.3 Å². The third-order valence-corrected chi connectivity index (χ3v) is 5.79. The maximum Gasteiger partial charge on any atom is 0.335 e. The van der Waals surface area contributed by atoms with Gasteiger partial charge < -0.3 is 15.7 Å². The van der Waals surface area contributed by atoms with Gasteiger partial charge in [0.2, 0.25) is 0 Å². The Kier molecular flexibility index (Phi) is 6.20. The van der Waals surface area contributed by atoms with Crippen molar-refractivity contribution in [1.82, 2.24) is 14.3 Å². The highest BCUT2D eigenvalue weighted by molar-refractivity contribution is 5.91. The van der Waals surface area contributed by atoms with Gasteiger partial charge in [0, 0.05) is 19.8 Å². The summed E-state index contributed by atoms with van der Waals surface area (Å²) in [7, 11) is 3.88. The van der Waals surface area contributed by atoms with Crippen LogP contribution in [0, 0.1) is 6.92 Å². The first-order valence-corrected chi connectivity index (χ1v) is 10.8. The van der Waals surface area contributed by atoms with Crippen LogP contribution >= 0.6 is 0 Å². The van der Waals surface area contributed by atoms with Crippen LogP contribution < -0.4 is 21.8 Å². The third-order valence-electron chi connectivity index (χ3n) is 5.79. The Morgan fingerprint density at radius 3 is 2.19 bits per heavy atom. The Hall–Kier alpha value is -5.08. The molecule has 0 unspecified atom stereocenters. The van der Waals surface area contributed by atoms with Gasteiger partial charge in [0.15, 0.2) is 0 Å². The number of pyridine rings is 1. The maximum atomic E-state index is 13.3. The predicted molar refractivity (Wildman–Crippen MR) is 138 cm³/mol. The largest absolute Gasteiger partial charge is 0.478 e. The molecule has 10 heteroatoms. The SMILES string of the molecule is Cc1c(C=C=Cc2ccc(N(C)C)cc2)c(=O)n(C(N)=O)c2[nH]n(-c3ccc(C(=O)O)cc3)c(=O)c12. The molecule has 0 spiro atoms. The first kappa shape index (κ1) is 24.1. The molecular weight excluding hydrogens is 462 g/mol. The van der Waals surface area contributed by atoms with Crippen LogP contribution in [-0.4, -0.2) is 45.5 Å². The first-order chi connectivity index (χ1) is 17.1. The second-order valence-electron chi connectivity index (χ2n) is 8.29. The van der Waals surface area contributed by atoms with Gasteiger partial charge >= 0.3 is 12.0 Å². The zero-order valence-corrected chi connectivity index (χ0v) is 19.8. The van der Waals surface area contributed by atoms with Crippen LogP contribution in [0.25, 0.3) is 28.9 Å². The number of fused-ring (bicyclic) bond motifs is 1. The van der Waals surface area contributed by atoms with Crippen molar-refractivity contribution >= 4 is 40.9 Å². The van der Waals surface area contributed by atoms with E-state index in [9.17, 15) is 19.2 Å². The van der Waals surface area contributed by atoms with E-state index in [2.05, 4.69) is 10.8 Å². The van der Waals surface area contributed by atoms with E-state index in [1.165, 1.54) is 30.3 Å². The molecule has 1 amide bonds. The average Bonchev–Trinajstić information content (AvgIpc) is 3.18. The fourth-order valence-electron chi connectivity index (χ4n) is 3.85. The molecule has 0 bridgehead atoms. The molecule has 0 aliphatic heterocycles. The van der Waals surface area contributed by atoms with Crippen LogP contribution in [0.4, 0.5) is 10.5 Å². The minimum Gasteiger partial charge on any atom is -0.478 e. The van der Waals surface area contributed by atoms with Crippen molar-refractivity contribution in [3.8, 4) is 5.69 Å². The number of primary amides is 1. The number of hydrogen-bond donors (Lipinski definition) is 3. The van der Waals surface area contributed by atoms with Gasteiger partial charge in [0.25, 0.3) is 11.1 Å². The van der Waals surface area contributed by atoms with Crippen molar-refractivity contribution in [2.45, 2.75) is 6.92 Å². The molecule has 2 heterocycles. The molecule has 0 atom stereocenters. The van der Waals surface area contributed by atoms with Gasteiger partial charge in [0.05, 0.1) is 22.2 Å². The number of carboxylic acid groups (broad SMARTS) is 1. The van der Waals surface area contributed by atoms with Crippen LogP contribution in [0.1, 0.15) is 27.0 Å². The van der Waals surface area contributed by atoms with Crippen molar-refractivity contribution in [3.05, 3.63) is 97.2 Å².